The van der Waals surface area contributed by atoms with Gasteiger partial charge in [0.15, 0.2) is 0 Å². The van der Waals surface area contributed by atoms with Crippen molar-refractivity contribution in [1.82, 2.24) is 9.88 Å². The van der Waals surface area contributed by atoms with E-state index in [1.807, 2.05) is 12.1 Å². The first-order valence-electron chi connectivity index (χ1n) is 6.64. The average Bonchev–Trinajstić information content (AvgIpc) is 2.86. The van der Waals surface area contributed by atoms with Crippen molar-refractivity contribution in [2.45, 2.75) is 25.5 Å². The molecule has 0 radical (unpaired) electrons. The number of ether oxygens (including phenoxy) is 1. The molecule has 1 saturated carbocycles. The van der Waals surface area contributed by atoms with Gasteiger partial charge in [-0.2, -0.15) is 0 Å². The quantitative estimate of drug-likeness (QED) is 0.875. The Labute approximate surface area is 108 Å². The largest absolute Gasteiger partial charge is 0.481 e. The van der Waals surface area contributed by atoms with Gasteiger partial charge in [-0.25, -0.2) is 4.98 Å². The van der Waals surface area contributed by atoms with Crippen LogP contribution in [0.2, 0.25) is 0 Å². The van der Waals surface area contributed by atoms with Gasteiger partial charge in [-0.15, -0.1) is 0 Å². The molecule has 1 N–H and O–H groups in total. The third-order valence-corrected chi connectivity index (χ3v) is 4.22. The summed E-state index contributed by atoms with van der Waals surface area (Å²) in [5.41, 5.74) is 1.25. The number of fused-ring (bicyclic) bond motifs is 1. The number of hydrogen-bond acceptors (Lipinski definition) is 4. The van der Waals surface area contributed by atoms with E-state index >= 15 is 0 Å². The zero-order valence-corrected chi connectivity index (χ0v) is 10.7. The highest BCUT2D eigenvalue weighted by Crippen LogP contribution is 2.38. The van der Waals surface area contributed by atoms with Crippen LogP contribution in [0.5, 0.6) is 5.88 Å². The molecule has 1 aliphatic carbocycles. The molecule has 1 aromatic heterocycles. The molecule has 4 heteroatoms. The summed E-state index contributed by atoms with van der Waals surface area (Å²) < 4.78 is 5.15. The van der Waals surface area contributed by atoms with Crippen LogP contribution in [0.15, 0.2) is 18.3 Å². The Morgan fingerprint density at radius 1 is 1.39 bits per heavy atom. The minimum atomic E-state index is -0.0526. The number of aliphatic hydroxyl groups excluding tert-OH is 1. The van der Waals surface area contributed by atoms with Crippen LogP contribution in [-0.2, 0) is 6.54 Å². The highest BCUT2D eigenvalue weighted by atomic mass is 16.5. The molecule has 1 saturated heterocycles. The zero-order chi connectivity index (χ0) is 12.5. The van der Waals surface area contributed by atoms with Gasteiger partial charge in [0.1, 0.15) is 0 Å². The fourth-order valence-electron chi connectivity index (χ4n) is 3.41. The predicted molar refractivity (Wildman–Crippen MR) is 68.3 cm³/mol. The van der Waals surface area contributed by atoms with Gasteiger partial charge in [-0.05, 0) is 36.3 Å². The Balaban J connectivity index is 1.61. The number of hydrogen-bond donors (Lipinski definition) is 1. The molecule has 3 rings (SSSR count). The van der Waals surface area contributed by atoms with Crippen molar-refractivity contribution in [3.05, 3.63) is 23.9 Å². The van der Waals surface area contributed by atoms with E-state index in [-0.39, 0.29) is 6.10 Å². The Morgan fingerprint density at radius 3 is 2.78 bits per heavy atom. The van der Waals surface area contributed by atoms with Crippen molar-refractivity contribution < 1.29 is 9.84 Å². The predicted octanol–water partition coefficient (Wildman–Crippen LogP) is 1.29. The second kappa shape index (κ2) is 4.86. The first-order chi connectivity index (χ1) is 8.74. The molecule has 3 atom stereocenters. The van der Waals surface area contributed by atoms with Gasteiger partial charge in [0.2, 0.25) is 5.88 Å². The molecule has 1 aliphatic heterocycles. The molecule has 2 fully saturated rings. The van der Waals surface area contributed by atoms with Crippen LogP contribution in [0.3, 0.4) is 0 Å². The monoisotopic (exact) mass is 248 g/mol. The third kappa shape index (κ3) is 2.35. The highest BCUT2D eigenvalue weighted by molar-refractivity contribution is 5.20. The van der Waals surface area contributed by atoms with Gasteiger partial charge in [-0.1, -0.05) is 0 Å². The Bertz CT molecular complexity index is 410. The van der Waals surface area contributed by atoms with Crippen molar-refractivity contribution in [3.8, 4) is 5.88 Å². The maximum absolute atomic E-state index is 9.64. The second-order valence-corrected chi connectivity index (χ2v) is 5.55. The van der Waals surface area contributed by atoms with E-state index in [2.05, 4.69) is 9.88 Å². The SMILES string of the molecule is COc1cc(CN2C[C@H]3CC(O)C[C@H]3C2)ccn1. The molecule has 2 heterocycles. The summed E-state index contributed by atoms with van der Waals surface area (Å²) in [6.45, 7) is 3.20. The molecule has 2 aliphatic rings. The van der Waals surface area contributed by atoms with E-state index in [4.69, 9.17) is 4.74 Å². The van der Waals surface area contributed by atoms with E-state index < -0.39 is 0 Å². The summed E-state index contributed by atoms with van der Waals surface area (Å²) >= 11 is 0. The molecule has 0 aromatic carbocycles. The number of rotatable bonds is 3. The fraction of sp³-hybridized carbons (Fsp3) is 0.643. The number of aliphatic hydroxyl groups is 1. The van der Waals surface area contributed by atoms with Crippen molar-refractivity contribution in [1.29, 1.82) is 0 Å². The van der Waals surface area contributed by atoms with Gasteiger partial charge in [0.25, 0.3) is 0 Å². The number of methoxy groups -OCH3 is 1. The third-order valence-electron chi connectivity index (χ3n) is 4.22. The van der Waals surface area contributed by atoms with Crippen LogP contribution in [0.25, 0.3) is 0 Å². The van der Waals surface area contributed by atoms with Crippen LogP contribution >= 0.6 is 0 Å². The first-order valence-corrected chi connectivity index (χ1v) is 6.64. The Kier molecular flexibility index (Phi) is 3.22. The lowest BCUT2D eigenvalue weighted by molar-refractivity contribution is 0.161. The zero-order valence-electron chi connectivity index (χ0n) is 10.7. The first kappa shape index (κ1) is 11.9. The summed E-state index contributed by atoms with van der Waals surface area (Å²) in [6.07, 6.45) is 3.72. The summed E-state index contributed by atoms with van der Waals surface area (Å²) in [7, 11) is 1.65. The standard InChI is InChI=1S/C14H20N2O2/c1-18-14-4-10(2-3-15-14)7-16-8-11-5-13(17)6-12(11)9-16/h2-4,11-13,17H,5-9H2,1H3/t11-,12+,13?. The Morgan fingerprint density at radius 2 is 2.11 bits per heavy atom. The molecular weight excluding hydrogens is 228 g/mol. The molecule has 18 heavy (non-hydrogen) atoms. The van der Waals surface area contributed by atoms with E-state index in [1.165, 1.54) is 5.56 Å². The lowest BCUT2D eigenvalue weighted by Crippen LogP contribution is -2.22. The number of nitrogens with zero attached hydrogens (tertiary/aromatic N) is 2. The van der Waals surface area contributed by atoms with E-state index in [0.29, 0.717) is 17.7 Å². The molecule has 1 unspecified atom stereocenters. The van der Waals surface area contributed by atoms with E-state index in [1.54, 1.807) is 13.3 Å². The topological polar surface area (TPSA) is 45.6 Å². The summed E-state index contributed by atoms with van der Waals surface area (Å²) in [6, 6.07) is 4.05. The van der Waals surface area contributed by atoms with Gasteiger partial charge in [0, 0.05) is 31.9 Å². The molecule has 4 nitrogen and oxygen atoms in total. The molecular formula is C14H20N2O2. The highest BCUT2D eigenvalue weighted by Gasteiger charge is 2.39. The van der Waals surface area contributed by atoms with Crippen LogP contribution in [0, 0.1) is 11.8 Å². The molecule has 0 bridgehead atoms. The maximum atomic E-state index is 9.64. The maximum Gasteiger partial charge on any atom is 0.213 e. The van der Waals surface area contributed by atoms with Crippen LogP contribution in [0.4, 0.5) is 0 Å². The van der Waals surface area contributed by atoms with Gasteiger partial charge in [-0.3, -0.25) is 4.90 Å². The molecule has 0 spiro atoms. The average molecular weight is 248 g/mol. The van der Waals surface area contributed by atoms with Crippen LogP contribution in [0.1, 0.15) is 18.4 Å². The summed E-state index contributed by atoms with van der Waals surface area (Å²) in [5.74, 6) is 2.08. The Hall–Kier alpha value is -1.13. The minimum Gasteiger partial charge on any atom is -0.481 e. The number of aromatic nitrogens is 1. The van der Waals surface area contributed by atoms with Gasteiger partial charge in [0.05, 0.1) is 13.2 Å². The van der Waals surface area contributed by atoms with E-state index in [9.17, 15) is 5.11 Å². The lowest BCUT2D eigenvalue weighted by atomic mass is 10.0. The van der Waals surface area contributed by atoms with Gasteiger partial charge >= 0.3 is 0 Å². The smallest absolute Gasteiger partial charge is 0.213 e. The molecule has 0 amide bonds. The summed E-state index contributed by atoms with van der Waals surface area (Å²) in [4.78, 5) is 6.61. The van der Waals surface area contributed by atoms with E-state index in [0.717, 1.165) is 32.5 Å². The van der Waals surface area contributed by atoms with Crippen LogP contribution in [-0.4, -0.2) is 41.3 Å². The van der Waals surface area contributed by atoms with Crippen molar-refractivity contribution in [3.63, 3.8) is 0 Å². The molecule has 1 aromatic rings. The van der Waals surface area contributed by atoms with Crippen molar-refractivity contribution in [2.75, 3.05) is 20.2 Å². The lowest BCUT2D eigenvalue weighted by Gasteiger charge is -2.17. The number of likely N-dealkylation sites (tertiary alicyclic amines) is 1. The summed E-state index contributed by atoms with van der Waals surface area (Å²) in [5, 5.41) is 9.64. The van der Waals surface area contributed by atoms with Crippen LogP contribution < -0.4 is 4.74 Å². The minimum absolute atomic E-state index is 0.0526. The fourth-order valence-corrected chi connectivity index (χ4v) is 3.41. The normalized spacial score (nSPS) is 31.6. The van der Waals surface area contributed by atoms with Gasteiger partial charge < -0.3 is 9.84 Å². The van der Waals surface area contributed by atoms with Crippen molar-refractivity contribution >= 4 is 0 Å². The second-order valence-electron chi connectivity index (χ2n) is 5.55. The van der Waals surface area contributed by atoms with Crippen molar-refractivity contribution in [2.24, 2.45) is 11.8 Å². The number of pyridine rings is 1. The molecule has 98 valence electrons.